The first-order valence-corrected chi connectivity index (χ1v) is 11.5. The molecule has 0 radical (unpaired) electrons. The average Bonchev–Trinajstić information content (AvgIpc) is 3.19. The lowest BCUT2D eigenvalue weighted by Crippen LogP contribution is -2.35. The molecule has 4 aromatic rings. The Morgan fingerprint density at radius 2 is 1.68 bits per heavy atom. The number of hydrogen-bond acceptors (Lipinski definition) is 4. The van der Waals surface area contributed by atoms with Crippen LogP contribution in [0, 0.1) is 13.8 Å². The van der Waals surface area contributed by atoms with Gasteiger partial charge in [-0.3, -0.25) is 9.48 Å². The van der Waals surface area contributed by atoms with E-state index in [2.05, 4.69) is 58.8 Å². The number of carbonyl (C=O) groups is 1. The average molecular weight is 454 g/mol. The van der Waals surface area contributed by atoms with Crippen LogP contribution in [0.4, 0.5) is 5.82 Å². The molecule has 0 saturated carbocycles. The van der Waals surface area contributed by atoms with Gasteiger partial charge in [-0.1, -0.05) is 67.1 Å². The van der Waals surface area contributed by atoms with Crippen molar-refractivity contribution in [2.75, 3.05) is 11.9 Å². The van der Waals surface area contributed by atoms with E-state index in [9.17, 15) is 4.79 Å². The quantitative estimate of drug-likeness (QED) is 0.386. The summed E-state index contributed by atoms with van der Waals surface area (Å²) in [6, 6.07) is 21.6. The van der Waals surface area contributed by atoms with E-state index < -0.39 is 6.04 Å². The highest BCUT2D eigenvalue weighted by molar-refractivity contribution is 5.95. The summed E-state index contributed by atoms with van der Waals surface area (Å²) in [5.74, 6) is 0.643. The summed E-state index contributed by atoms with van der Waals surface area (Å²) in [6.45, 7) is 6.94. The number of anilines is 1. The van der Waals surface area contributed by atoms with Crippen molar-refractivity contribution in [2.45, 2.75) is 32.7 Å². The van der Waals surface area contributed by atoms with Crippen LogP contribution in [-0.4, -0.2) is 27.2 Å². The molecular weight excluding hydrogens is 422 g/mol. The number of nitrogens with one attached hydrogen (secondary N) is 2. The van der Waals surface area contributed by atoms with Crippen LogP contribution in [-0.2, 0) is 11.8 Å². The number of hydrogen-bond donors (Lipinski definition) is 2. The molecule has 0 aliphatic rings. The van der Waals surface area contributed by atoms with E-state index in [1.807, 2.05) is 67.3 Å². The summed E-state index contributed by atoms with van der Waals surface area (Å²) >= 11 is 0. The van der Waals surface area contributed by atoms with Crippen molar-refractivity contribution in [1.29, 1.82) is 0 Å². The molecule has 0 saturated heterocycles. The molecule has 0 bridgehead atoms. The Balaban J connectivity index is 1.47. The molecule has 1 unspecified atom stereocenters. The van der Waals surface area contributed by atoms with Crippen molar-refractivity contribution in [3.05, 3.63) is 102 Å². The fraction of sp³-hybridized carbons (Fsp3) is 0.250. The van der Waals surface area contributed by atoms with E-state index in [-0.39, 0.29) is 11.8 Å². The Hall–Kier alpha value is -3.77. The van der Waals surface area contributed by atoms with Crippen molar-refractivity contribution in [1.82, 2.24) is 20.1 Å². The van der Waals surface area contributed by atoms with Gasteiger partial charge in [0.25, 0.3) is 0 Å². The number of benzene rings is 2. The van der Waals surface area contributed by atoms with Gasteiger partial charge in [0.1, 0.15) is 11.9 Å². The predicted octanol–water partition coefficient (Wildman–Crippen LogP) is 5.17. The molecule has 0 aliphatic carbocycles. The molecule has 6 heteroatoms. The number of aromatic nitrogens is 3. The summed E-state index contributed by atoms with van der Waals surface area (Å²) < 4.78 is 1.83. The standard InChI is InChI=1S/C28H31N5O/c1-19-10-12-22(13-11-19)20(2)16-30-27(23-8-6-5-7-9-23)28(34)32-26-15-14-24(17-29-26)25-18-31-33(4)21(25)3/h5-15,17-18,20,27,30H,16H2,1-4H3,(H,29,32,34)/t20?,27-/m0/s1. The SMILES string of the molecule is Cc1ccc(C(C)CN[C@H](C(=O)Nc2ccc(-c3cnn(C)c3C)cn2)c2ccccc2)cc1. The molecular formula is C28H31N5O. The van der Waals surface area contributed by atoms with Gasteiger partial charge in [0, 0.05) is 36.6 Å². The number of nitrogens with zero attached hydrogens (tertiary/aromatic N) is 3. The lowest BCUT2D eigenvalue weighted by molar-refractivity contribution is -0.118. The third kappa shape index (κ3) is 5.41. The molecule has 0 fully saturated rings. The molecule has 2 heterocycles. The highest BCUT2D eigenvalue weighted by atomic mass is 16.2. The lowest BCUT2D eigenvalue weighted by Gasteiger charge is -2.21. The molecule has 2 N–H and O–H groups in total. The van der Waals surface area contributed by atoms with Crippen LogP contribution in [0.25, 0.3) is 11.1 Å². The van der Waals surface area contributed by atoms with Gasteiger partial charge < -0.3 is 10.6 Å². The summed E-state index contributed by atoms with van der Waals surface area (Å²) in [6.07, 6.45) is 3.60. The highest BCUT2D eigenvalue weighted by Gasteiger charge is 2.22. The van der Waals surface area contributed by atoms with Gasteiger partial charge in [-0.25, -0.2) is 4.98 Å². The second kappa shape index (κ2) is 10.4. The topological polar surface area (TPSA) is 71.8 Å². The monoisotopic (exact) mass is 453 g/mol. The van der Waals surface area contributed by atoms with Crippen LogP contribution in [0.5, 0.6) is 0 Å². The van der Waals surface area contributed by atoms with E-state index in [1.165, 1.54) is 11.1 Å². The predicted molar refractivity (Wildman–Crippen MR) is 137 cm³/mol. The molecule has 1 amide bonds. The van der Waals surface area contributed by atoms with E-state index in [0.717, 1.165) is 22.4 Å². The molecule has 2 aromatic heterocycles. The third-order valence-corrected chi connectivity index (χ3v) is 6.23. The Labute approximate surface area is 201 Å². The number of rotatable bonds is 8. The molecule has 4 rings (SSSR count). The van der Waals surface area contributed by atoms with Crippen LogP contribution < -0.4 is 10.6 Å². The van der Waals surface area contributed by atoms with Gasteiger partial charge in [-0.15, -0.1) is 0 Å². The summed E-state index contributed by atoms with van der Waals surface area (Å²) in [5, 5.41) is 10.7. The minimum absolute atomic E-state index is 0.139. The Kier molecular flexibility index (Phi) is 7.18. The van der Waals surface area contributed by atoms with E-state index >= 15 is 0 Å². The van der Waals surface area contributed by atoms with Crippen molar-refractivity contribution in [3.63, 3.8) is 0 Å². The first-order valence-electron chi connectivity index (χ1n) is 11.5. The Bertz CT molecular complexity index is 1230. The second-order valence-corrected chi connectivity index (χ2v) is 8.75. The van der Waals surface area contributed by atoms with Gasteiger partial charge in [0.05, 0.1) is 6.20 Å². The molecule has 2 aromatic carbocycles. The molecule has 34 heavy (non-hydrogen) atoms. The van der Waals surface area contributed by atoms with Crippen LogP contribution >= 0.6 is 0 Å². The fourth-order valence-electron chi connectivity index (χ4n) is 3.92. The van der Waals surface area contributed by atoms with E-state index in [0.29, 0.717) is 12.4 Å². The van der Waals surface area contributed by atoms with Crippen molar-refractivity contribution in [2.24, 2.45) is 7.05 Å². The minimum Gasteiger partial charge on any atom is -0.309 e. The maximum Gasteiger partial charge on any atom is 0.247 e. The zero-order chi connectivity index (χ0) is 24.1. The Morgan fingerprint density at radius 1 is 0.941 bits per heavy atom. The van der Waals surface area contributed by atoms with Crippen molar-refractivity contribution >= 4 is 11.7 Å². The van der Waals surface area contributed by atoms with Gasteiger partial charge >= 0.3 is 0 Å². The number of aryl methyl sites for hydroxylation is 2. The molecule has 6 nitrogen and oxygen atoms in total. The number of carbonyl (C=O) groups excluding carboxylic acids is 1. The number of amides is 1. The highest BCUT2D eigenvalue weighted by Crippen LogP contribution is 2.24. The molecule has 174 valence electrons. The van der Waals surface area contributed by atoms with Gasteiger partial charge in [0.2, 0.25) is 5.91 Å². The molecule has 0 aliphatic heterocycles. The first kappa shape index (κ1) is 23.4. The summed E-state index contributed by atoms with van der Waals surface area (Å²) in [4.78, 5) is 17.8. The van der Waals surface area contributed by atoms with Crippen LogP contribution in [0.2, 0.25) is 0 Å². The second-order valence-electron chi connectivity index (χ2n) is 8.75. The van der Waals surface area contributed by atoms with Crippen molar-refractivity contribution < 1.29 is 4.79 Å². The first-order chi connectivity index (χ1) is 16.4. The van der Waals surface area contributed by atoms with E-state index in [4.69, 9.17) is 0 Å². The zero-order valence-electron chi connectivity index (χ0n) is 20.1. The van der Waals surface area contributed by atoms with Gasteiger partial charge in [0.15, 0.2) is 0 Å². The van der Waals surface area contributed by atoms with Crippen molar-refractivity contribution in [3.8, 4) is 11.1 Å². The van der Waals surface area contributed by atoms with Gasteiger partial charge in [-0.2, -0.15) is 5.10 Å². The molecule has 2 atom stereocenters. The summed E-state index contributed by atoms with van der Waals surface area (Å²) in [7, 11) is 1.91. The zero-order valence-corrected chi connectivity index (χ0v) is 20.1. The Morgan fingerprint density at radius 3 is 2.29 bits per heavy atom. The van der Waals surface area contributed by atoms with E-state index in [1.54, 1.807) is 6.20 Å². The van der Waals surface area contributed by atoms with Gasteiger partial charge in [-0.05, 0) is 43.0 Å². The minimum atomic E-state index is -0.490. The number of pyridine rings is 1. The van der Waals surface area contributed by atoms with Crippen LogP contribution in [0.1, 0.15) is 41.3 Å². The fourth-order valence-corrected chi connectivity index (χ4v) is 3.92. The largest absolute Gasteiger partial charge is 0.309 e. The molecule has 0 spiro atoms. The van der Waals surface area contributed by atoms with Crippen LogP contribution in [0.15, 0.2) is 79.1 Å². The maximum absolute atomic E-state index is 13.3. The normalized spacial score (nSPS) is 12.8. The summed E-state index contributed by atoms with van der Waals surface area (Å²) in [5.41, 5.74) is 6.46. The van der Waals surface area contributed by atoms with Crippen LogP contribution in [0.3, 0.4) is 0 Å². The maximum atomic E-state index is 13.3. The lowest BCUT2D eigenvalue weighted by atomic mass is 9.98. The smallest absolute Gasteiger partial charge is 0.247 e. The third-order valence-electron chi connectivity index (χ3n) is 6.23.